The maximum Gasteiger partial charge on any atom is 0.224 e. The van der Waals surface area contributed by atoms with Gasteiger partial charge in [-0.15, -0.1) is 0 Å². The number of rotatable bonds is 11. The van der Waals surface area contributed by atoms with E-state index in [1.165, 1.54) is 0 Å². The summed E-state index contributed by atoms with van der Waals surface area (Å²) >= 11 is 4.49. The number of benzene rings is 2. The van der Waals surface area contributed by atoms with E-state index in [1.807, 2.05) is 48.5 Å². The maximum absolute atomic E-state index is 11.9. The SMILES string of the molecule is O=C(CCCCCCCCC(=O)Nc1ccc(I)cc1)Nc1ccc(I)cc1. The Kier molecular flexibility index (Phi) is 10.8. The number of carbonyl (C=O) groups excluding carboxylic acids is 2. The monoisotopic (exact) mass is 604 g/mol. The Morgan fingerprint density at radius 1 is 0.571 bits per heavy atom. The van der Waals surface area contributed by atoms with E-state index in [0.29, 0.717) is 12.8 Å². The molecule has 2 aromatic carbocycles. The van der Waals surface area contributed by atoms with Crippen molar-refractivity contribution in [2.75, 3.05) is 10.6 Å². The quantitative estimate of drug-likeness (QED) is 0.225. The van der Waals surface area contributed by atoms with Crippen LogP contribution >= 0.6 is 45.2 Å². The topological polar surface area (TPSA) is 58.2 Å². The molecule has 0 aliphatic rings. The van der Waals surface area contributed by atoms with Gasteiger partial charge in [0.25, 0.3) is 0 Å². The Hall–Kier alpha value is -1.16. The fourth-order valence-electron chi connectivity index (χ4n) is 2.79. The van der Waals surface area contributed by atoms with Gasteiger partial charge in [0.15, 0.2) is 0 Å². The molecule has 0 saturated heterocycles. The highest BCUT2D eigenvalue weighted by Crippen LogP contribution is 2.14. The molecular weight excluding hydrogens is 578 g/mol. The van der Waals surface area contributed by atoms with Crippen molar-refractivity contribution in [3.63, 3.8) is 0 Å². The lowest BCUT2D eigenvalue weighted by Gasteiger charge is -2.06. The molecule has 4 nitrogen and oxygen atoms in total. The minimum absolute atomic E-state index is 0.0773. The summed E-state index contributed by atoms with van der Waals surface area (Å²) in [5.74, 6) is 0.155. The van der Waals surface area contributed by atoms with Crippen LogP contribution in [0.1, 0.15) is 51.4 Å². The van der Waals surface area contributed by atoms with Gasteiger partial charge in [-0.1, -0.05) is 25.7 Å². The van der Waals surface area contributed by atoms with Gasteiger partial charge >= 0.3 is 0 Å². The predicted octanol–water partition coefficient (Wildman–Crippen LogP) is 6.59. The molecule has 0 radical (unpaired) electrons. The molecule has 2 aromatic rings. The van der Waals surface area contributed by atoms with Crippen molar-refractivity contribution in [3.05, 3.63) is 55.7 Å². The van der Waals surface area contributed by atoms with Gasteiger partial charge in [-0.05, 0) is 107 Å². The molecule has 0 aromatic heterocycles. The van der Waals surface area contributed by atoms with Gasteiger partial charge in [0.05, 0.1) is 0 Å². The van der Waals surface area contributed by atoms with Crippen molar-refractivity contribution >= 4 is 68.4 Å². The molecule has 0 aliphatic heterocycles. The average Bonchev–Trinajstić information content (AvgIpc) is 2.67. The van der Waals surface area contributed by atoms with E-state index in [4.69, 9.17) is 0 Å². The summed E-state index contributed by atoms with van der Waals surface area (Å²) in [5.41, 5.74) is 1.71. The normalized spacial score (nSPS) is 10.5. The first-order valence-corrected chi connectivity index (χ1v) is 11.8. The van der Waals surface area contributed by atoms with Crippen molar-refractivity contribution in [3.8, 4) is 0 Å². The van der Waals surface area contributed by atoms with Crippen molar-refractivity contribution in [1.82, 2.24) is 0 Å². The molecular formula is C22H26I2N2O2. The molecule has 6 heteroatoms. The predicted molar refractivity (Wildman–Crippen MR) is 133 cm³/mol. The van der Waals surface area contributed by atoms with Crippen LogP contribution in [0.4, 0.5) is 11.4 Å². The van der Waals surface area contributed by atoms with Crippen LogP contribution in [0.15, 0.2) is 48.5 Å². The lowest BCUT2D eigenvalue weighted by Crippen LogP contribution is -2.11. The minimum Gasteiger partial charge on any atom is -0.326 e. The molecule has 0 atom stereocenters. The van der Waals surface area contributed by atoms with Gasteiger partial charge < -0.3 is 10.6 Å². The second-order valence-corrected chi connectivity index (χ2v) is 9.22. The number of unbranched alkanes of at least 4 members (excludes halogenated alkanes) is 5. The largest absolute Gasteiger partial charge is 0.326 e. The number of anilines is 2. The zero-order chi connectivity index (χ0) is 20.2. The summed E-state index contributed by atoms with van der Waals surface area (Å²) in [7, 11) is 0. The van der Waals surface area contributed by atoms with Crippen LogP contribution in [0, 0.1) is 7.14 Å². The zero-order valence-corrected chi connectivity index (χ0v) is 20.2. The van der Waals surface area contributed by atoms with Crippen molar-refractivity contribution in [2.24, 2.45) is 0 Å². The van der Waals surface area contributed by atoms with Crippen LogP contribution in [-0.4, -0.2) is 11.8 Å². The van der Waals surface area contributed by atoms with E-state index >= 15 is 0 Å². The lowest BCUT2D eigenvalue weighted by atomic mass is 10.1. The zero-order valence-electron chi connectivity index (χ0n) is 15.8. The summed E-state index contributed by atoms with van der Waals surface area (Å²) in [4.78, 5) is 23.8. The summed E-state index contributed by atoms with van der Waals surface area (Å²) in [6, 6.07) is 15.6. The molecule has 0 bridgehead atoms. The van der Waals surface area contributed by atoms with Gasteiger partial charge in [0.1, 0.15) is 0 Å². The van der Waals surface area contributed by atoms with Crippen LogP contribution in [0.2, 0.25) is 0 Å². The third-order valence-corrected chi connectivity index (χ3v) is 5.75. The Labute approximate surface area is 194 Å². The highest BCUT2D eigenvalue weighted by Gasteiger charge is 2.04. The number of amides is 2. The molecule has 0 spiro atoms. The molecule has 0 fully saturated rings. The van der Waals surface area contributed by atoms with Crippen molar-refractivity contribution in [1.29, 1.82) is 0 Å². The Morgan fingerprint density at radius 3 is 1.25 bits per heavy atom. The van der Waals surface area contributed by atoms with Crippen LogP contribution in [0.3, 0.4) is 0 Å². The summed E-state index contributed by atoms with van der Waals surface area (Å²) in [5, 5.41) is 5.86. The van der Waals surface area contributed by atoms with Gasteiger partial charge in [0.2, 0.25) is 11.8 Å². The average molecular weight is 604 g/mol. The first kappa shape index (κ1) is 23.1. The summed E-state index contributed by atoms with van der Waals surface area (Å²) in [6.07, 6.45) is 7.25. The molecule has 2 N–H and O–H groups in total. The molecule has 28 heavy (non-hydrogen) atoms. The van der Waals surface area contributed by atoms with Crippen molar-refractivity contribution in [2.45, 2.75) is 51.4 Å². The molecule has 0 unspecified atom stereocenters. The number of hydrogen-bond acceptors (Lipinski definition) is 2. The number of carbonyl (C=O) groups is 2. The first-order chi connectivity index (χ1) is 13.5. The molecule has 2 rings (SSSR count). The summed E-state index contributed by atoms with van der Waals surface area (Å²) < 4.78 is 2.31. The second-order valence-electron chi connectivity index (χ2n) is 6.73. The number of nitrogens with one attached hydrogen (secondary N) is 2. The Balaban J connectivity index is 1.45. The fourth-order valence-corrected chi connectivity index (χ4v) is 3.51. The number of halogens is 2. The smallest absolute Gasteiger partial charge is 0.224 e. The molecule has 0 heterocycles. The van der Waals surface area contributed by atoms with Gasteiger partial charge in [-0.3, -0.25) is 9.59 Å². The molecule has 0 aliphatic carbocycles. The highest BCUT2D eigenvalue weighted by atomic mass is 127. The minimum atomic E-state index is 0.0773. The Bertz CT molecular complexity index is 681. The van der Waals surface area contributed by atoms with Crippen molar-refractivity contribution < 1.29 is 9.59 Å². The third kappa shape index (κ3) is 9.86. The van der Waals surface area contributed by atoms with Gasteiger partial charge in [-0.25, -0.2) is 0 Å². The first-order valence-electron chi connectivity index (χ1n) is 9.64. The maximum atomic E-state index is 11.9. The molecule has 150 valence electrons. The van der Waals surface area contributed by atoms with Gasteiger partial charge in [0, 0.05) is 31.4 Å². The van der Waals surface area contributed by atoms with Crippen LogP contribution in [0.25, 0.3) is 0 Å². The summed E-state index contributed by atoms with van der Waals surface area (Å²) in [6.45, 7) is 0. The molecule has 2 amide bonds. The lowest BCUT2D eigenvalue weighted by molar-refractivity contribution is -0.117. The standard InChI is InChI=1S/C22H26I2N2O2/c23-17-9-13-19(14-10-17)25-21(27)7-5-3-1-2-4-6-8-22(28)26-20-15-11-18(24)12-16-20/h9-16H,1-8H2,(H,25,27)(H,26,28). The fraction of sp³-hybridized carbons (Fsp3) is 0.364. The van der Waals surface area contributed by atoms with E-state index in [9.17, 15) is 9.59 Å². The van der Waals surface area contributed by atoms with E-state index in [-0.39, 0.29) is 11.8 Å². The molecule has 0 saturated carbocycles. The third-order valence-electron chi connectivity index (χ3n) is 4.31. The van der Waals surface area contributed by atoms with Gasteiger partial charge in [-0.2, -0.15) is 0 Å². The highest BCUT2D eigenvalue weighted by molar-refractivity contribution is 14.1. The number of hydrogen-bond donors (Lipinski definition) is 2. The van der Waals surface area contributed by atoms with Crippen LogP contribution in [0.5, 0.6) is 0 Å². The van der Waals surface area contributed by atoms with E-state index < -0.39 is 0 Å². The Morgan fingerprint density at radius 2 is 0.893 bits per heavy atom. The second kappa shape index (κ2) is 13.1. The van der Waals surface area contributed by atoms with Crippen LogP contribution in [-0.2, 0) is 9.59 Å². The van der Waals surface area contributed by atoms with E-state index in [0.717, 1.165) is 57.0 Å². The van der Waals surface area contributed by atoms with E-state index in [2.05, 4.69) is 55.8 Å². The van der Waals surface area contributed by atoms with Crippen LogP contribution < -0.4 is 10.6 Å². The van der Waals surface area contributed by atoms with E-state index in [1.54, 1.807) is 0 Å².